The number of pyridine rings is 1. The molecule has 136 valence electrons. The van der Waals surface area contributed by atoms with Crippen molar-refractivity contribution in [1.29, 1.82) is 0 Å². The van der Waals surface area contributed by atoms with E-state index in [4.69, 9.17) is 0 Å². The van der Waals surface area contributed by atoms with Crippen LogP contribution in [-0.4, -0.2) is 26.9 Å². The van der Waals surface area contributed by atoms with E-state index in [9.17, 15) is 29.8 Å². The van der Waals surface area contributed by atoms with Gasteiger partial charge in [0, 0.05) is 37.5 Å². The first-order valence-electron chi connectivity index (χ1n) is 7.67. The number of nitrogens with zero attached hydrogens (tertiary/aromatic N) is 3. The standard InChI is InChI=1S/C16H16N4O6/c1-11-3-6-18(15(21)7-11)5-2-4-17-16(22)12-8-13(19(23)24)10-14(9-12)20(25)26/h3,6-10H,2,4-5H2,1H3,(H,17,22). The molecule has 0 aliphatic heterocycles. The number of hydrogen-bond acceptors (Lipinski definition) is 6. The first-order valence-corrected chi connectivity index (χ1v) is 7.67. The molecule has 1 N–H and O–H groups in total. The molecule has 2 aromatic rings. The highest BCUT2D eigenvalue weighted by Crippen LogP contribution is 2.22. The Morgan fingerprint density at radius 2 is 1.73 bits per heavy atom. The van der Waals surface area contributed by atoms with Gasteiger partial charge in [0.2, 0.25) is 0 Å². The maximum atomic E-state index is 12.1. The van der Waals surface area contributed by atoms with Gasteiger partial charge in [-0.2, -0.15) is 0 Å². The van der Waals surface area contributed by atoms with Crippen LogP contribution in [0.1, 0.15) is 22.3 Å². The van der Waals surface area contributed by atoms with E-state index in [2.05, 4.69) is 5.32 Å². The second kappa shape index (κ2) is 8.01. The highest BCUT2D eigenvalue weighted by atomic mass is 16.6. The minimum absolute atomic E-state index is 0.148. The number of benzene rings is 1. The Labute approximate surface area is 147 Å². The van der Waals surface area contributed by atoms with Crippen LogP contribution in [-0.2, 0) is 6.54 Å². The summed E-state index contributed by atoms with van der Waals surface area (Å²) in [5.74, 6) is -0.659. The van der Waals surface area contributed by atoms with Crippen molar-refractivity contribution < 1.29 is 14.6 Å². The van der Waals surface area contributed by atoms with E-state index in [0.717, 1.165) is 23.8 Å². The predicted molar refractivity (Wildman–Crippen MR) is 92.1 cm³/mol. The minimum atomic E-state index is -0.798. The third-order valence-corrected chi connectivity index (χ3v) is 3.60. The maximum absolute atomic E-state index is 12.1. The third-order valence-electron chi connectivity index (χ3n) is 3.60. The fourth-order valence-electron chi connectivity index (χ4n) is 2.28. The van der Waals surface area contributed by atoms with E-state index in [1.807, 2.05) is 6.92 Å². The summed E-state index contributed by atoms with van der Waals surface area (Å²) in [5.41, 5.74) is -0.526. The molecule has 1 aromatic heterocycles. The van der Waals surface area contributed by atoms with E-state index in [-0.39, 0.29) is 17.7 Å². The molecule has 0 aliphatic rings. The van der Waals surface area contributed by atoms with Crippen LogP contribution in [0.5, 0.6) is 0 Å². The van der Waals surface area contributed by atoms with Crippen LogP contribution in [0.4, 0.5) is 11.4 Å². The van der Waals surface area contributed by atoms with Crippen molar-refractivity contribution in [2.24, 2.45) is 0 Å². The van der Waals surface area contributed by atoms with E-state index in [1.54, 1.807) is 12.3 Å². The zero-order valence-electron chi connectivity index (χ0n) is 13.9. The van der Waals surface area contributed by atoms with Crippen LogP contribution < -0.4 is 10.9 Å². The molecule has 0 bridgehead atoms. The van der Waals surface area contributed by atoms with Gasteiger partial charge in [0.15, 0.2) is 0 Å². The van der Waals surface area contributed by atoms with Gasteiger partial charge in [-0.25, -0.2) is 0 Å². The van der Waals surface area contributed by atoms with Crippen LogP contribution >= 0.6 is 0 Å². The number of aromatic nitrogens is 1. The molecular formula is C16H16N4O6. The van der Waals surface area contributed by atoms with Crippen molar-refractivity contribution in [2.45, 2.75) is 19.9 Å². The van der Waals surface area contributed by atoms with E-state index in [1.165, 1.54) is 10.6 Å². The minimum Gasteiger partial charge on any atom is -0.352 e. The second-order valence-electron chi connectivity index (χ2n) is 5.60. The summed E-state index contributed by atoms with van der Waals surface area (Å²) in [6.45, 7) is 2.40. The monoisotopic (exact) mass is 360 g/mol. The number of carbonyl (C=O) groups excluding carboxylic acids is 1. The zero-order chi connectivity index (χ0) is 19.3. The van der Waals surface area contributed by atoms with Gasteiger partial charge in [0.25, 0.3) is 22.8 Å². The van der Waals surface area contributed by atoms with Crippen LogP contribution in [0.25, 0.3) is 0 Å². The molecule has 0 aliphatic carbocycles. The molecule has 1 aromatic carbocycles. The number of nitro groups is 2. The molecule has 0 saturated carbocycles. The average Bonchev–Trinajstić information content (AvgIpc) is 2.59. The number of aryl methyl sites for hydroxylation is 2. The fourth-order valence-corrected chi connectivity index (χ4v) is 2.28. The van der Waals surface area contributed by atoms with Gasteiger partial charge < -0.3 is 9.88 Å². The van der Waals surface area contributed by atoms with Crippen molar-refractivity contribution in [2.75, 3.05) is 6.54 Å². The summed E-state index contributed by atoms with van der Waals surface area (Å²) >= 11 is 0. The van der Waals surface area contributed by atoms with Gasteiger partial charge in [-0.1, -0.05) is 0 Å². The van der Waals surface area contributed by atoms with Gasteiger partial charge in [-0.05, 0) is 25.0 Å². The second-order valence-corrected chi connectivity index (χ2v) is 5.60. The summed E-state index contributed by atoms with van der Waals surface area (Å²) in [4.78, 5) is 43.9. The molecule has 26 heavy (non-hydrogen) atoms. The lowest BCUT2D eigenvalue weighted by Gasteiger charge is -2.07. The van der Waals surface area contributed by atoms with Crippen LogP contribution in [0.2, 0.25) is 0 Å². The lowest BCUT2D eigenvalue weighted by Crippen LogP contribution is -2.27. The van der Waals surface area contributed by atoms with Crippen molar-refractivity contribution in [3.63, 3.8) is 0 Å². The number of hydrogen-bond donors (Lipinski definition) is 1. The van der Waals surface area contributed by atoms with Crippen LogP contribution in [0.3, 0.4) is 0 Å². The third kappa shape index (κ3) is 4.72. The normalized spacial score (nSPS) is 10.3. The SMILES string of the molecule is Cc1ccn(CCCNC(=O)c2cc([N+](=O)[O-])cc([N+](=O)[O-])c2)c(=O)c1. The zero-order valence-corrected chi connectivity index (χ0v) is 13.9. The number of carbonyl (C=O) groups is 1. The summed E-state index contributed by atoms with van der Waals surface area (Å²) in [5, 5.41) is 24.2. The Morgan fingerprint density at radius 3 is 2.27 bits per heavy atom. The molecule has 10 heteroatoms. The number of rotatable bonds is 7. The molecule has 1 heterocycles. The lowest BCUT2D eigenvalue weighted by molar-refractivity contribution is -0.394. The highest BCUT2D eigenvalue weighted by molar-refractivity contribution is 5.95. The van der Waals surface area contributed by atoms with Crippen molar-refractivity contribution in [3.05, 3.63) is 78.2 Å². The molecule has 1 amide bonds. The van der Waals surface area contributed by atoms with E-state index in [0.29, 0.717) is 13.0 Å². The van der Waals surface area contributed by atoms with Crippen molar-refractivity contribution in [3.8, 4) is 0 Å². The molecule has 2 rings (SSSR count). The molecule has 0 radical (unpaired) electrons. The Bertz CT molecular complexity index is 889. The first-order chi connectivity index (χ1) is 12.3. The summed E-state index contributed by atoms with van der Waals surface area (Å²) in [6, 6.07) is 6.04. The van der Waals surface area contributed by atoms with Gasteiger partial charge >= 0.3 is 0 Å². The maximum Gasteiger partial charge on any atom is 0.277 e. The predicted octanol–water partition coefficient (Wildman–Crippen LogP) is 1.79. The van der Waals surface area contributed by atoms with Crippen molar-refractivity contribution in [1.82, 2.24) is 9.88 Å². The van der Waals surface area contributed by atoms with Crippen molar-refractivity contribution >= 4 is 17.3 Å². The topological polar surface area (TPSA) is 137 Å². The van der Waals surface area contributed by atoms with E-state index < -0.39 is 27.1 Å². The Balaban J connectivity index is 2.00. The average molecular weight is 360 g/mol. The van der Waals surface area contributed by atoms with Crippen LogP contribution in [0.15, 0.2) is 41.3 Å². The van der Waals surface area contributed by atoms with Crippen LogP contribution in [0, 0.1) is 27.2 Å². The number of nitrogens with one attached hydrogen (secondary N) is 1. The largest absolute Gasteiger partial charge is 0.352 e. The Morgan fingerprint density at radius 1 is 1.12 bits per heavy atom. The Hall–Kier alpha value is -3.56. The van der Waals surface area contributed by atoms with Gasteiger partial charge in [0.05, 0.1) is 21.5 Å². The van der Waals surface area contributed by atoms with Gasteiger partial charge in [0.1, 0.15) is 0 Å². The summed E-state index contributed by atoms with van der Waals surface area (Å²) in [6.07, 6.45) is 2.11. The molecule has 0 atom stereocenters. The Kier molecular flexibility index (Phi) is 5.78. The number of nitro benzene ring substituents is 2. The van der Waals surface area contributed by atoms with E-state index >= 15 is 0 Å². The molecule has 0 saturated heterocycles. The lowest BCUT2D eigenvalue weighted by atomic mass is 10.1. The quantitative estimate of drug-likeness (QED) is 0.454. The fraction of sp³-hybridized carbons (Fsp3) is 0.250. The summed E-state index contributed by atoms with van der Waals surface area (Å²) < 4.78 is 1.50. The molecule has 0 unspecified atom stereocenters. The molecule has 0 spiro atoms. The molecular weight excluding hydrogens is 344 g/mol. The highest BCUT2D eigenvalue weighted by Gasteiger charge is 2.19. The smallest absolute Gasteiger partial charge is 0.277 e. The first kappa shape index (κ1) is 18.8. The van der Waals surface area contributed by atoms with Gasteiger partial charge in [-0.15, -0.1) is 0 Å². The molecule has 10 nitrogen and oxygen atoms in total. The summed E-state index contributed by atoms with van der Waals surface area (Å²) in [7, 11) is 0. The van der Waals surface area contributed by atoms with Gasteiger partial charge in [-0.3, -0.25) is 29.8 Å². The number of amides is 1. The number of non-ortho nitro benzene ring substituents is 2. The molecule has 0 fully saturated rings.